The first kappa shape index (κ1) is 17.6. The van der Waals surface area contributed by atoms with E-state index in [0.29, 0.717) is 18.9 Å². The number of morpholine rings is 1. The molecule has 1 amide bonds. The van der Waals surface area contributed by atoms with Gasteiger partial charge in [0.2, 0.25) is 11.8 Å². The molecule has 5 rings (SSSR count). The minimum Gasteiger partial charge on any atom is -0.439 e. The Hall–Kier alpha value is -2.45. The largest absolute Gasteiger partial charge is 0.439 e. The molecule has 146 valence electrons. The minimum absolute atomic E-state index is 0.0449. The van der Waals surface area contributed by atoms with Gasteiger partial charge in [-0.2, -0.15) is 0 Å². The molecular weight excluding hydrogens is 376 g/mol. The second-order valence-electron chi connectivity index (χ2n) is 7.20. The zero-order valence-electron chi connectivity index (χ0n) is 15.5. The average Bonchev–Trinajstić information content (AvgIpc) is 3.35. The molecule has 2 aliphatic rings. The molecule has 1 atom stereocenters. The number of para-hydroxylation sites is 2. The van der Waals surface area contributed by atoms with Crippen molar-refractivity contribution in [3.8, 4) is 0 Å². The topological polar surface area (TPSA) is 80.5 Å². The highest BCUT2D eigenvalue weighted by atomic mass is 32.1. The van der Waals surface area contributed by atoms with Gasteiger partial charge in [0, 0.05) is 30.3 Å². The summed E-state index contributed by atoms with van der Waals surface area (Å²) in [6.07, 6.45) is 2.48. The highest BCUT2D eigenvalue weighted by Gasteiger charge is 2.29. The third kappa shape index (κ3) is 3.49. The molecule has 0 bridgehead atoms. The Kier molecular flexibility index (Phi) is 4.74. The Balaban J connectivity index is 1.21. The van der Waals surface area contributed by atoms with E-state index in [4.69, 9.17) is 14.1 Å². The second-order valence-corrected chi connectivity index (χ2v) is 8.26. The lowest BCUT2D eigenvalue weighted by molar-refractivity contribution is -0.125. The Morgan fingerprint density at radius 2 is 2.11 bits per heavy atom. The van der Waals surface area contributed by atoms with Crippen LogP contribution in [0, 0.1) is 5.92 Å². The van der Waals surface area contributed by atoms with Crippen molar-refractivity contribution in [2.45, 2.75) is 25.8 Å². The van der Waals surface area contributed by atoms with E-state index < -0.39 is 0 Å². The van der Waals surface area contributed by atoms with Crippen LogP contribution in [-0.4, -0.2) is 42.2 Å². The first-order chi connectivity index (χ1) is 13.8. The van der Waals surface area contributed by atoms with Crippen molar-refractivity contribution in [1.82, 2.24) is 15.3 Å². The maximum Gasteiger partial charge on any atom is 0.223 e. The van der Waals surface area contributed by atoms with Crippen LogP contribution in [0.2, 0.25) is 0 Å². The monoisotopic (exact) mass is 398 g/mol. The number of carbonyl (C=O) groups is 1. The van der Waals surface area contributed by atoms with Crippen molar-refractivity contribution in [3.05, 3.63) is 40.7 Å². The maximum absolute atomic E-state index is 12.7. The van der Waals surface area contributed by atoms with Gasteiger partial charge >= 0.3 is 0 Å². The van der Waals surface area contributed by atoms with Crippen molar-refractivity contribution in [1.29, 1.82) is 0 Å². The van der Waals surface area contributed by atoms with Gasteiger partial charge in [0.05, 0.1) is 25.5 Å². The number of nitrogens with zero attached hydrogens (tertiary/aromatic N) is 3. The van der Waals surface area contributed by atoms with Crippen molar-refractivity contribution < 1.29 is 13.9 Å². The van der Waals surface area contributed by atoms with Crippen LogP contribution in [0.15, 0.2) is 28.7 Å². The number of anilines is 1. The predicted molar refractivity (Wildman–Crippen MR) is 107 cm³/mol. The van der Waals surface area contributed by atoms with Crippen LogP contribution in [0.5, 0.6) is 0 Å². The molecule has 1 aliphatic carbocycles. The summed E-state index contributed by atoms with van der Waals surface area (Å²) < 4.78 is 11.1. The summed E-state index contributed by atoms with van der Waals surface area (Å²) in [6, 6.07) is 7.62. The Morgan fingerprint density at radius 1 is 1.25 bits per heavy atom. The number of ether oxygens (including phenoxy) is 1. The van der Waals surface area contributed by atoms with Crippen LogP contribution in [0.3, 0.4) is 0 Å². The number of aryl methyl sites for hydroxylation is 1. The Labute approximate surface area is 166 Å². The summed E-state index contributed by atoms with van der Waals surface area (Å²) in [5.74, 6) is 0.541. The minimum atomic E-state index is -0.0449. The van der Waals surface area contributed by atoms with E-state index in [1.807, 2.05) is 24.3 Å². The average molecular weight is 398 g/mol. The van der Waals surface area contributed by atoms with Crippen LogP contribution in [0.25, 0.3) is 11.1 Å². The Bertz CT molecular complexity index is 959. The second kappa shape index (κ2) is 7.52. The van der Waals surface area contributed by atoms with Crippen molar-refractivity contribution >= 4 is 33.5 Å². The van der Waals surface area contributed by atoms with E-state index in [0.717, 1.165) is 61.1 Å². The number of carbonyl (C=O) groups excluding carboxylic acids is 1. The molecule has 1 unspecified atom stereocenters. The van der Waals surface area contributed by atoms with Gasteiger partial charge in [-0.05, 0) is 25.0 Å². The molecule has 28 heavy (non-hydrogen) atoms. The lowest BCUT2D eigenvalue weighted by Crippen LogP contribution is -2.36. The van der Waals surface area contributed by atoms with E-state index in [2.05, 4.69) is 15.2 Å². The van der Waals surface area contributed by atoms with E-state index in [1.54, 1.807) is 11.3 Å². The quantitative estimate of drug-likeness (QED) is 0.728. The van der Waals surface area contributed by atoms with Gasteiger partial charge in [0.25, 0.3) is 0 Å². The van der Waals surface area contributed by atoms with Crippen molar-refractivity contribution in [3.63, 3.8) is 0 Å². The standard InChI is InChI=1S/C20H22N4O3S/c25-19(21-12-18-22-14-3-1-2-4-16(14)27-18)13-5-6-17-15(11-13)23-20(28-17)24-7-9-26-10-8-24/h1-4,13H,5-12H2,(H,21,25). The maximum atomic E-state index is 12.7. The summed E-state index contributed by atoms with van der Waals surface area (Å²) in [5.41, 5.74) is 2.64. The SMILES string of the molecule is O=C(NCc1nc2ccccc2o1)C1CCc2sc(N3CCOCC3)nc2C1. The van der Waals surface area contributed by atoms with Gasteiger partial charge in [0.15, 0.2) is 10.7 Å². The van der Waals surface area contributed by atoms with Crippen LogP contribution < -0.4 is 10.2 Å². The third-order valence-corrected chi connectivity index (χ3v) is 6.55. The number of aromatic nitrogens is 2. The molecule has 3 aromatic rings. The molecule has 7 nitrogen and oxygen atoms in total. The number of nitrogens with one attached hydrogen (secondary N) is 1. The molecule has 2 aromatic heterocycles. The van der Waals surface area contributed by atoms with Gasteiger partial charge in [0.1, 0.15) is 5.52 Å². The molecule has 0 radical (unpaired) electrons. The van der Waals surface area contributed by atoms with Gasteiger partial charge in [-0.1, -0.05) is 12.1 Å². The highest BCUT2D eigenvalue weighted by molar-refractivity contribution is 7.15. The smallest absolute Gasteiger partial charge is 0.223 e. The fraction of sp³-hybridized carbons (Fsp3) is 0.450. The number of hydrogen-bond donors (Lipinski definition) is 1. The summed E-state index contributed by atoms with van der Waals surface area (Å²) >= 11 is 1.77. The molecule has 0 spiro atoms. The summed E-state index contributed by atoms with van der Waals surface area (Å²) in [4.78, 5) is 25.5. The van der Waals surface area contributed by atoms with Crippen molar-refractivity contribution in [2.24, 2.45) is 5.92 Å². The van der Waals surface area contributed by atoms with Gasteiger partial charge < -0.3 is 19.4 Å². The summed E-state index contributed by atoms with van der Waals surface area (Å²) in [5, 5.41) is 4.05. The van der Waals surface area contributed by atoms with Gasteiger partial charge in [-0.3, -0.25) is 4.79 Å². The number of rotatable bonds is 4. The van der Waals surface area contributed by atoms with E-state index in [9.17, 15) is 4.79 Å². The van der Waals surface area contributed by atoms with Crippen LogP contribution in [0.4, 0.5) is 5.13 Å². The number of oxazole rings is 1. The number of thiazole rings is 1. The normalized spacial score (nSPS) is 19.6. The third-order valence-electron chi connectivity index (χ3n) is 5.33. The van der Waals surface area contributed by atoms with Crippen molar-refractivity contribution in [2.75, 3.05) is 31.2 Å². The van der Waals surface area contributed by atoms with Crippen LogP contribution in [-0.2, 0) is 28.9 Å². The number of hydrogen-bond acceptors (Lipinski definition) is 7. The van der Waals surface area contributed by atoms with Gasteiger partial charge in [-0.15, -0.1) is 11.3 Å². The van der Waals surface area contributed by atoms with E-state index in [-0.39, 0.29) is 11.8 Å². The fourth-order valence-corrected chi connectivity index (χ4v) is 4.94. The lowest BCUT2D eigenvalue weighted by Gasteiger charge is -2.26. The predicted octanol–water partition coefficient (Wildman–Crippen LogP) is 2.54. The first-order valence-electron chi connectivity index (χ1n) is 9.70. The van der Waals surface area contributed by atoms with E-state index in [1.165, 1.54) is 4.88 Å². The molecule has 1 N–H and O–H groups in total. The zero-order chi connectivity index (χ0) is 18.9. The number of fused-ring (bicyclic) bond motifs is 2. The fourth-order valence-electron chi connectivity index (χ4n) is 3.78. The highest BCUT2D eigenvalue weighted by Crippen LogP contribution is 2.34. The molecule has 8 heteroatoms. The molecule has 1 fully saturated rings. The molecular formula is C20H22N4O3S. The summed E-state index contributed by atoms with van der Waals surface area (Å²) in [6.45, 7) is 3.60. The number of benzene rings is 1. The van der Waals surface area contributed by atoms with Gasteiger partial charge in [-0.25, -0.2) is 9.97 Å². The van der Waals surface area contributed by atoms with Crippen LogP contribution in [0.1, 0.15) is 22.9 Å². The summed E-state index contributed by atoms with van der Waals surface area (Å²) in [7, 11) is 0. The molecule has 0 saturated carbocycles. The Morgan fingerprint density at radius 3 is 2.96 bits per heavy atom. The molecule has 3 heterocycles. The van der Waals surface area contributed by atoms with E-state index >= 15 is 0 Å². The number of amides is 1. The molecule has 1 aliphatic heterocycles. The first-order valence-corrected chi connectivity index (χ1v) is 10.5. The molecule has 1 saturated heterocycles. The molecule has 1 aromatic carbocycles. The lowest BCUT2D eigenvalue weighted by atomic mass is 9.90. The zero-order valence-corrected chi connectivity index (χ0v) is 16.3. The van der Waals surface area contributed by atoms with Crippen LogP contribution >= 0.6 is 11.3 Å².